The third-order valence-electron chi connectivity index (χ3n) is 19.3. The molecule has 2 aromatic heterocycles. The van der Waals surface area contributed by atoms with Gasteiger partial charge in [-0.3, -0.25) is 39.0 Å². The van der Waals surface area contributed by atoms with Gasteiger partial charge in [0.05, 0.1) is 47.5 Å². The molecule has 17 heteroatoms. The molecule has 8 aliphatic rings. The average Bonchev–Trinajstić information content (AvgIpc) is 4.42. The molecule has 1 spiro atoms. The summed E-state index contributed by atoms with van der Waals surface area (Å²) in [5.74, 6) is -0.106. The number of likely N-dealkylation sites (tertiary alicyclic amines) is 2. The number of ether oxygens (including phenoxy) is 2. The van der Waals surface area contributed by atoms with Crippen LogP contribution < -0.4 is 10.7 Å². The number of hydrazine groups is 1. The molecular formula is C63H83N9O7S. The zero-order valence-corrected chi connectivity index (χ0v) is 48.7. The number of pyridine rings is 1. The van der Waals surface area contributed by atoms with Gasteiger partial charge >= 0.3 is 5.97 Å². The average molecular weight is 1110 g/mol. The van der Waals surface area contributed by atoms with Crippen LogP contribution in [0.4, 0.5) is 0 Å². The van der Waals surface area contributed by atoms with Gasteiger partial charge in [0.25, 0.3) is 5.91 Å². The summed E-state index contributed by atoms with van der Waals surface area (Å²) < 4.78 is 30.4. The molecular weight excluding hydrogens is 1030 g/mol. The number of hydrogen-bond acceptors (Lipinski definition) is 12. The Labute approximate surface area is 475 Å². The van der Waals surface area contributed by atoms with E-state index in [1.807, 2.05) is 59.6 Å². The molecule has 2 saturated carbocycles. The van der Waals surface area contributed by atoms with Crippen molar-refractivity contribution in [3.05, 3.63) is 89.3 Å². The molecule has 10 atom stereocenters. The lowest BCUT2D eigenvalue weighted by Gasteiger charge is -2.39. The Morgan fingerprint density at radius 1 is 0.975 bits per heavy atom. The molecule has 8 heterocycles. The molecule has 428 valence electrons. The fraction of sp³-hybridized carbons (Fsp3) is 0.603. The van der Waals surface area contributed by atoms with E-state index >= 15 is 9.59 Å². The van der Waals surface area contributed by atoms with E-state index in [9.17, 15) is 14.1 Å². The number of aromatic nitrogens is 2. The van der Waals surface area contributed by atoms with Crippen LogP contribution in [0.25, 0.3) is 27.7 Å². The van der Waals surface area contributed by atoms with Gasteiger partial charge in [0, 0.05) is 93.0 Å². The zero-order chi connectivity index (χ0) is 55.6. The number of fused-ring (bicyclic) bond motifs is 6. The molecule has 0 radical (unpaired) electrons. The SMILES string of the molecule is CCn1c(-c2cccnc2[C@H](C)OC)c2c3cc(ccc31)C1=CCCN(C1)C[C@H](NC(=O)[C@H](C1CCCC1)N1CC[C@]3(CCN(C(=O)[C@H]4[C@@H](C5CC5)N4[S@+]([O-])c4ccc(C)cc4)C3)C1)C(=O)N1CCC[C@H](N1)C(=O)OCC(C)(C)C2. The number of methoxy groups -OCH3 is 1. The highest BCUT2D eigenvalue weighted by Crippen LogP contribution is 2.52. The van der Waals surface area contributed by atoms with E-state index in [0.717, 1.165) is 121 Å². The van der Waals surface area contributed by atoms with Crippen molar-refractivity contribution < 1.29 is 33.2 Å². The lowest BCUT2D eigenvalue weighted by atomic mass is 9.84. The van der Waals surface area contributed by atoms with E-state index in [4.69, 9.17) is 14.5 Å². The highest BCUT2D eigenvalue weighted by molar-refractivity contribution is 7.89. The van der Waals surface area contributed by atoms with Gasteiger partial charge in [-0.25, -0.2) is 5.43 Å². The van der Waals surface area contributed by atoms with E-state index in [2.05, 4.69) is 76.2 Å². The number of esters is 1. The van der Waals surface area contributed by atoms with Crippen molar-refractivity contribution in [2.24, 2.45) is 22.7 Å². The molecule has 3 amide bonds. The van der Waals surface area contributed by atoms with Gasteiger partial charge in [-0.1, -0.05) is 56.5 Å². The first-order valence-electron chi connectivity index (χ1n) is 30.0. The fourth-order valence-corrected chi connectivity index (χ4v) is 16.2. The third-order valence-corrected chi connectivity index (χ3v) is 20.8. The van der Waals surface area contributed by atoms with Crippen LogP contribution in [-0.4, -0.2) is 158 Å². The molecule has 2 aromatic carbocycles. The Kier molecular flexibility index (Phi) is 15.6. The molecule has 6 fully saturated rings. The molecule has 4 saturated heterocycles. The van der Waals surface area contributed by atoms with E-state index in [1.165, 1.54) is 11.1 Å². The van der Waals surface area contributed by atoms with Crippen LogP contribution in [0.1, 0.15) is 127 Å². The molecule has 16 nitrogen and oxygen atoms in total. The van der Waals surface area contributed by atoms with Gasteiger partial charge < -0.3 is 28.8 Å². The third kappa shape index (κ3) is 10.9. The molecule has 2 aliphatic carbocycles. The molecule has 80 heavy (non-hydrogen) atoms. The van der Waals surface area contributed by atoms with Crippen molar-refractivity contribution in [1.82, 2.24) is 44.3 Å². The predicted octanol–water partition coefficient (Wildman–Crippen LogP) is 7.60. The summed E-state index contributed by atoms with van der Waals surface area (Å²) in [6, 6.07) is 16.4. The summed E-state index contributed by atoms with van der Waals surface area (Å²) >= 11 is -1.40. The van der Waals surface area contributed by atoms with Gasteiger partial charge in [0.2, 0.25) is 11.8 Å². The quantitative estimate of drug-likeness (QED) is 0.0812. The maximum Gasteiger partial charge on any atom is 0.324 e. The van der Waals surface area contributed by atoms with Crippen molar-refractivity contribution in [1.29, 1.82) is 0 Å². The normalized spacial score (nSPS) is 29.6. The van der Waals surface area contributed by atoms with Crippen LogP contribution in [0.2, 0.25) is 0 Å². The van der Waals surface area contributed by atoms with Crippen LogP contribution in [0.3, 0.4) is 0 Å². The van der Waals surface area contributed by atoms with Crippen LogP contribution in [0.5, 0.6) is 0 Å². The number of nitrogens with zero attached hydrogens (tertiary/aromatic N) is 7. The van der Waals surface area contributed by atoms with Crippen LogP contribution in [0.15, 0.2) is 71.8 Å². The van der Waals surface area contributed by atoms with Crippen molar-refractivity contribution in [3.63, 3.8) is 0 Å². The van der Waals surface area contributed by atoms with Gasteiger partial charge in [0.15, 0.2) is 10.9 Å². The molecule has 4 aromatic rings. The second-order valence-electron chi connectivity index (χ2n) is 25.6. The molecule has 6 bridgehead atoms. The number of rotatable bonds is 12. The first kappa shape index (κ1) is 55.4. The van der Waals surface area contributed by atoms with E-state index in [-0.39, 0.29) is 53.8 Å². The van der Waals surface area contributed by atoms with Crippen LogP contribution in [-0.2, 0) is 53.0 Å². The maximum absolute atomic E-state index is 15.4. The van der Waals surface area contributed by atoms with Gasteiger partial charge in [0.1, 0.15) is 12.1 Å². The summed E-state index contributed by atoms with van der Waals surface area (Å²) in [4.78, 5) is 71.6. The summed E-state index contributed by atoms with van der Waals surface area (Å²) in [6.07, 6.45) is 14.4. The van der Waals surface area contributed by atoms with Crippen LogP contribution in [0, 0.1) is 29.6 Å². The second-order valence-corrected chi connectivity index (χ2v) is 27.0. The monoisotopic (exact) mass is 1110 g/mol. The number of carbonyl (C=O) groups is 4. The number of cyclic esters (lactones) is 1. The number of amides is 3. The minimum Gasteiger partial charge on any atom is -0.593 e. The summed E-state index contributed by atoms with van der Waals surface area (Å²) in [7, 11) is 1.72. The molecule has 6 aliphatic heterocycles. The predicted molar refractivity (Wildman–Crippen MR) is 309 cm³/mol. The van der Waals surface area contributed by atoms with Crippen LogP contribution >= 0.6 is 0 Å². The molecule has 2 N–H and O–H groups in total. The van der Waals surface area contributed by atoms with E-state index < -0.39 is 40.9 Å². The largest absolute Gasteiger partial charge is 0.593 e. The number of nitrogens with one attached hydrogen (secondary N) is 2. The van der Waals surface area contributed by atoms with Gasteiger partial charge in [-0.05, 0) is 156 Å². The lowest BCUT2D eigenvalue weighted by molar-refractivity contribution is -0.155. The number of carbonyl (C=O) groups excluding carboxylic acids is 4. The minimum atomic E-state index is -1.40. The number of benzene rings is 2. The number of hydrogen-bond donors (Lipinski definition) is 2. The van der Waals surface area contributed by atoms with Crippen molar-refractivity contribution in [2.45, 2.75) is 159 Å². The smallest absolute Gasteiger partial charge is 0.324 e. The fourth-order valence-electron chi connectivity index (χ4n) is 14.7. The summed E-state index contributed by atoms with van der Waals surface area (Å²) in [5.41, 5.74) is 11.4. The first-order chi connectivity index (χ1) is 38.6. The zero-order valence-electron chi connectivity index (χ0n) is 47.9. The maximum atomic E-state index is 15.4. The highest BCUT2D eigenvalue weighted by atomic mass is 32.2. The Hall–Kier alpha value is -5.14. The van der Waals surface area contributed by atoms with Crippen molar-refractivity contribution in [2.75, 3.05) is 66.1 Å². The highest BCUT2D eigenvalue weighted by Gasteiger charge is 2.67. The summed E-state index contributed by atoms with van der Waals surface area (Å²) in [6.45, 7) is 16.2. The topological polar surface area (TPSA) is 168 Å². The minimum absolute atomic E-state index is 0.0188. The standard InChI is InChI=1S/C63H83N9O7S/c1-7-70-52-25-22-44-33-48(52)49(56(70)47-16-10-28-64-53(47)41(3)78-6)34-62(4,5)39-79-61(76)50-17-12-30-71(66-50)59(74)51(36-67-29-11-15-45(44)35-67)65-58(73)55(42-13-8-9-14-42)68-31-26-63(37-68)27-32-69(38-63)60(75)57-54(43-20-21-43)72(57)80(77)46-23-18-40(2)19-24-46/h10,15-16,18-19,22-25,28,33,41-43,50-51,54-55,57,66H,7-9,11-14,17,20-21,26-27,29-32,34-39H2,1-6H3,(H,65,73)/t41-,50-,51-,54+,55-,57+,63-,72?,80+/m0/s1. The van der Waals surface area contributed by atoms with E-state index in [1.54, 1.807) is 12.1 Å². The Bertz CT molecular complexity index is 3030. The lowest BCUT2D eigenvalue weighted by Crippen LogP contribution is -2.63. The Morgan fingerprint density at radius 2 is 1.76 bits per heavy atom. The van der Waals surface area contributed by atoms with Crippen molar-refractivity contribution >= 4 is 51.5 Å². The molecule has 12 rings (SSSR count). The molecule has 2 unspecified atom stereocenters. The van der Waals surface area contributed by atoms with E-state index in [0.29, 0.717) is 64.4 Å². The van der Waals surface area contributed by atoms with Gasteiger partial charge in [-0.15, -0.1) is 4.31 Å². The first-order valence-corrected chi connectivity index (χ1v) is 31.1. The Morgan fingerprint density at radius 3 is 2.52 bits per heavy atom. The second kappa shape index (κ2) is 22.6. The number of aryl methyl sites for hydroxylation is 2. The summed E-state index contributed by atoms with van der Waals surface area (Å²) in [5, 5.41) is 6.13. The Balaban J connectivity index is 0.810. The van der Waals surface area contributed by atoms with Crippen molar-refractivity contribution in [3.8, 4) is 11.3 Å². The van der Waals surface area contributed by atoms with Gasteiger partial charge in [-0.2, -0.15) is 0 Å².